The molecule has 1 aromatic carbocycles. The number of hydrogen-bond donors (Lipinski definition) is 1. The summed E-state index contributed by atoms with van der Waals surface area (Å²) in [7, 11) is 0. The summed E-state index contributed by atoms with van der Waals surface area (Å²) in [5.74, 6) is -0.164. The van der Waals surface area contributed by atoms with E-state index in [1.165, 1.54) is 18.9 Å². The largest absolute Gasteiger partial charge is 0.310 e. The van der Waals surface area contributed by atoms with Crippen molar-refractivity contribution >= 4 is 15.9 Å². The first-order valence-electron chi connectivity index (χ1n) is 5.38. The van der Waals surface area contributed by atoms with Gasteiger partial charge < -0.3 is 5.32 Å². The molecule has 1 nitrogen and oxygen atoms in total. The van der Waals surface area contributed by atoms with Gasteiger partial charge in [-0.15, -0.1) is 0 Å². The molecule has 0 saturated carbocycles. The lowest BCUT2D eigenvalue weighted by molar-refractivity contribution is 0.408. The minimum absolute atomic E-state index is 0.164. The van der Waals surface area contributed by atoms with Gasteiger partial charge in [0, 0.05) is 6.04 Å². The van der Waals surface area contributed by atoms with Crippen LogP contribution in [-0.2, 0) is 0 Å². The maximum absolute atomic E-state index is 13.4. The third kappa shape index (κ3) is 2.23. The van der Waals surface area contributed by atoms with E-state index in [-0.39, 0.29) is 5.82 Å². The lowest BCUT2D eigenvalue weighted by Gasteiger charge is -2.26. The SMILES string of the molecule is Cc1ccc(F)c(Br)c1C1CCCCN1. The van der Waals surface area contributed by atoms with Crippen LogP contribution in [0.1, 0.15) is 36.4 Å². The summed E-state index contributed by atoms with van der Waals surface area (Å²) >= 11 is 3.35. The fourth-order valence-electron chi connectivity index (χ4n) is 2.19. The summed E-state index contributed by atoms with van der Waals surface area (Å²) < 4.78 is 14.1. The molecule has 82 valence electrons. The molecule has 1 atom stereocenters. The molecule has 0 spiro atoms. The molecule has 1 heterocycles. The van der Waals surface area contributed by atoms with Crippen LogP contribution in [0.15, 0.2) is 16.6 Å². The van der Waals surface area contributed by atoms with Gasteiger partial charge in [-0.25, -0.2) is 4.39 Å². The number of benzene rings is 1. The third-order valence-corrected chi connectivity index (χ3v) is 3.82. The summed E-state index contributed by atoms with van der Waals surface area (Å²) in [6.07, 6.45) is 3.55. The molecule has 1 fully saturated rings. The number of halogens is 2. The number of piperidine rings is 1. The van der Waals surface area contributed by atoms with Crippen molar-refractivity contribution in [3.8, 4) is 0 Å². The maximum atomic E-state index is 13.4. The Morgan fingerprint density at radius 2 is 2.20 bits per heavy atom. The molecule has 3 heteroatoms. The summed E-state index contributed by atoms with van der Waals surface area (Å²) in [5, 5.41) is 3.45. The fraction of sp³-hybridized carbons (Fsp3) is 0.500. The van der Waals surface area contributed by atoms with Crippen LogP contribution >= 0.6 is 15.9 Å². The first kappa shape index (κ1) is 11.1. The molecular weight excluding hydrogens is 257 g/mol. The van der Waals surface area contributed by atoms with Gasteiger partial charge in [0.1, 0.15) is 5.82 Å². The van der Waals surface area contributed by atoms with Crippen LogP contribution in [0.2, 0.25) is 0 Å². The molecule has 0 amide bonds. The molecule has 2 rings (SSSR count). The minimum Gasteiger partial charge on any atom is -0.310 e. The molecule has 1 aliphatic heterocycles. The van der Waals surface area contributed by atoms with Crippen LogP contribution in [0, 0.1) is 12.7 Å². The highest BCUT2D eigenvalue weighted by atomic mass is 79.9. The standard InChI is InChI=1S/C12H15BrFN/c1-8-5-6-9(14)12(13)11(8)10-4-2-3-7-15-10/h5-6,10,15H,2-4,7H2,1H3. The monoisotopic (exact) mass is 271 g/mol. The van der Waals surface area contributed by atoms with Crippen molar-refractivity contribution < 1.29 is 4.39 Å². The average molecular weight is 272 g/mol. The number of aryl methyl sites for hydroxylation is 1. The normalized spacial score (nSPS) is 21.7. The topological polar surface area (TPSA) is 12.0 Å². The molecule has 15 heavy (non-hydrogen) atoms. The Labute approximate surface area is 98.2 Å². The van der Waals surface area contributed by atoms with Gasteiger partial charge in [-0.05, 0) is 59.4 Å². The lowest BCUT2D eigenvalue weighted by Crippen LogP contribution is -2.27. The Morgan fingerprint density at radius 3 is 2.87 bits per heavy atom. The van der Waals surface area contributed by atoms with E-state index in [0.717, 1.165) is 24.1 Å². The summed E-state index contributed by atoms with van der Waals surface area (Å²) in [6.45, 7) is 3.07. The van der Waals surface area contributed by atoms with E-state index in [1.54, 1.807) is 0 Å². The molecular formula is C12H15BrFN. The third-order valence-electron chi connectivity index (χ3n) is 3.01. The molecule has 0 bridgehead atoms. The van der Waals surface area contributed by atoms with Crippen molar-refractivity contribution in [2.24, 2.45) is 0 Å². The molecule has 1 aromatic rings. The van der Waals surface area contributed by atoms with Crippen LogP contribution in [0.25, 0.3) is 0 Å². The van der Waals surface area contributed by atoms with E-state index in [4.69, 9.17) is 0 Å². The predicted octanol–water partition coefficient (Wildman–Crippen LogP) is 3.71. The zero-order chi connectivity index (χ0) is 10.8. The van der Waals surface area contributed by atoms with Gasteiger partial charge in [0.25, 0.3) is 0 Å². The Balaban J connectivity index is 2.36. The van der Waals surface area contributed by atoms with Crippen molar-refractivity contribution in [2.45, 2.75) is 32.2 Å². The van der Waals surface area contributed by atoms with Crippen LogP contribution in [0.3, 0.4) is 0 Å². The minimum atomic E-state index is -0.164. The van der Waals surface area contributed by atoms with Gasteiger partial charge in [-0.3, -0.25) is 0 Å². The van der Waals surface area contributed by atoms with E-state index >= 15 is 0 Å². The van der Waals surface area contributed by atoms with Gasteiger partial charge in [-0.2, -0.15) is 0 Å². The van der Waals surface area contributed by atoms with Crippen LogP contribution < -0.4 is 5.32 Å². The van der Waals surface area contributed by atoms with Gasteiger partial charge >= 0.3 is 0 Å². The number of rotatable bonds is 1. The molecule has 1 aliphatic rings. The fourth-order valence-corrected chi connectivity index (χ4v) is 2.91. The summed E-state index contributed by atoms with van der Waals surface area (Å²) in [4.78, 5) is 0. The van der Waals surface area contributed by atoms with E-state index in [0.29, 0.717) is 10.5 Å². The van der Waals surface area contributed by atoms with Gasteiger partial charge in [0.2, 0.25) is 0 Å². The lowest BCUT2D eigenvalue weighted by atomic mass is 9.94. The van der Waals surface area contributed by atoms with Crippen molar-refractivity contribution in [3.05, 3.63) is 33.5 Å². The molecule has 0 radical (unpaired) electrons. The first-order valence-corrected chi connectivity index (χ1v) is 6.17. The molecule has 1 N–H and O–H groups in total. The molecule has 1 saturated heterocycles. The van der Waals surface area contributed by atoms with Crippen molar-refractivity contribution in [1.82, 2.24) is 5.32 Å². The van der Waals surface area contributed by atoms with Gasteiger partial charge in [0.15, 0.2) is 0 Å². The van der Waals surface area contributed by atoms with Crippen LogP contribution in [0.4, 0.5) is 4.39 Å². The summed E-state index contributed by atoms with van der Waals surface area (Å²) in [5.41, 5.74) is 2.25. The molecule has 0 aromatic heterocycles. The molecule has 0 aliphatic carbocycles. The van der Waals surface area contributed by atoms with Crippen LogP contribution in [0.5, 0.6) is 0 Å². The second kappa shape index (κ2) is 4.62. The summed E-state index contributed by atoms with van der Waals surface area (Å²) in [6, 6.07) is 3.68. The smallest absolute Gasteiger partial charge is 0.137 e. The van der Waals surface area contributed by atoms with E-state index < -0.39 is 0 Å². The Hall–Kier alpha value is -0.410. The predicted molar refractivity (Wildman–Crippen MR) is 63.4 cm³/mol. The highest BCUT2D eigenvalue weighted by Gasteiger charge is 2.20. The quantitative estimate of drug-likeness (QED) is 0.821. The van der Waals surface area contributed by atoms with Crippen molar-refractivity contribution in [3.63, 3.8) is 0 Å². The van der Waals surface area contributed by atoms with Gasteiger partial charge in [0.05, 0.1) is 4.47 Å². The van der Waals surface area contributed by atoms with Gasteiger partial charge in [-0.1, -0.05) is 12.5 Å². The average Bonchev–Trinajstić information content (AvgIpc) is 2.26. The Kier molecular flexibility index (Phi) is 3.42. The van der Waals surface area contributed by atoms with Crippen molar-refractivity contribution in [1.29, 1.82) is 0 Å². The van der Waals surface area contributed by atoms with Crippen LogP contribution in [-0.4, -0.2) is 6.54 Å². The molecule has 1 unspecified atom stereocenters. The number of hydrogen-bond acceptors (Lipinski definition) is 1. The second-order valence-electron chi connectivity index (χ2n) is 4.09. The Bertz CT molecular complexity index is 359. The maximum Gasteiger partial charge on any atom is 0.137 e. The first-order chi connectivity index (χ1) is 7.20. The Morgan fingerprint density at radius 1 is 1.40 bits per heavy atom. The van der Waals surface area contributed by atoms with E-state index in [1.807, 2.05) is 13.0 Å². The zero-order valence-corrected chi connectivity index (χ0v) is 10.4. The highest BCUT2D eigenvalue weighted by molar-refractivity contribution is 9.10. The highest BCUT2D eigenvalue weighted by Crippen LogP contribution is 2.33. The van der Waals surface area contributed by atoms with E-state index in [9.17, 15) is 4.39 Å². The van der Waals surface area contributed by atoms with Crippen molar-refractivity contribution in [2.75, 3.05) is 6.54 Å². The second-order valence-corrected chi connectivity index (χ2v) is 4.89. The number of nitrogens with one attached hydrogen (secondary N) is 1. The zero-order valence-electron chi connectivity index (χ0n) is 8.82. The van der Waals surface area contributed by atoms with E-state index in [2.05, 4.69) is 21.2 Å².